The van der Waals surface area contributed by atoms with Crippen LogP contribution in [0.4, 0.5) is 15.8 Å². The minimum atomic E-state index is -4.10. The molecule has 3 aromatic carbocycles. The van der Waals surface area contributed by atoms with Gasteiger partial charge in [-0.05, 0) is 42.3 Å². The highest BCUT2D eigenvalue weighted by Gasteiger charge is 2.32. The number of amides is 1. The van der Waals surface area contributed by atoms with Crippen molar-refractivity contribution in [2.45, 2.75) is 11.8 Å². The van der Waals surface area contributed by atoms with E-state index in [4.69, 9.17) is 0 Å². The number of halogens is 1. The Bertz CT molecular complexity index is 1400. The summed E-state index contributed by atoms with van der Waals surface area (Å²) in [6.45, 7) is 1.62. The van der Waals surface area contributed by atoms with Gasteiger partial charge in [-0.15, -0.1) is 11.3 Å². The van der Waals surface area contributed by atoms with Crippen LogP contribution in [0.3, 0.4) is 0 Å². The van der Waals surface area contributed by atoms with E-state index in [1.165, 1.54) is 13.1 Å². The summed E-state index contributed by atoms with van der Waals surface area (Å²) in [4.78, 5) is 13.1. The molecule has 5 nitrogen and oxygen atoms in total. The predicted molar refractivity (Wildman–Crippen MR) is 131 cm³/mol. The number of hydrogen-bond acceptors (Lipinski definition) is 4. The molecule has 33 heavy (non-hydrogen) atoms. The molecule has 0 aliphatic rings. The Kier molecular flexibility index (Phi) is 6.31. The first kappa shape index (κ1) is 22.7. The van der Waals surface area contributed by atoms with Gasteiger partial charge in [0.05, 0.1) is 5.69 Å². The van der Waals surface area contributed by atoms with Crippen LogP contribution in [0.2, 0.25) is 0 Å². The number of carbonyl (C=O) groups is 1. The van der Waals surface area contributed by atoms with Gasteiger partial charge in [0.1, 0.15) is 15.6 Å². The lowest BCUT2D eigenvalue weighted by Gasteiger charge is -2.21. The number of benzene rings is 3. The molecule has 0 fully saturated rings. The molecule has 0 aliphatic carbocycles. The van der Waals surface area contributed by atoms with Crippen molar-refractivity contribution < 1.29 is 17.6 Å². The van der Waals surface area contributed by atoms with Crippen LogP contribution < -0.4 is 9.62 Å². The van der Waals surface area contributed by atoms with E-state index in [-0.39, 0.29) is 15.5 Å². The molecule has 0 spiro atoms. The van der Waals surface area contributed by atoms with Crippen LogP contribution >= 0.6 is 11.3 Å². The third-order valence-corrected chi connectivity index (χ3v) is 8.18. The van der Waals surface area contributed by atoms with Crippen LogP contribution in [0, 0.1) is 12.7 Å². The Morgan fingerprint density at radius 2 is 1.61 bits per heavy atom. The number of anilines is 2. The summed E-state index contributed by atoms with van der Waals surface area (Å²) < 4.78 is 42.6. The zero-order valence-corrected chi connectivity index (χ0v) is 19.6. The monoisotopic (exact) mass is 480 g/mol. The van der Waals surface area contributed by atoms with Crippen LogP contribution in [0.1, 0.15) is 15.2 Å². The van der Waals surface area contributed by atoms with E-state index in [0.29, 0.717) is 22.4 Å². The lowest BCUT2D eigenvalue weighted by molar-refractivity contribution is 0.102. The molecule has 4 rings (SSSR count). The predicted octanol–water partition coefficient (Wildman–Crippen LogP) is 5.94. The molecule has 0 aliphatic heterocycles. The van der Waals surface area contributed by atoms with Crippen molar-refractivity contribution in [1.82, 2.24) is 0 Å². The van der Waals surface area contributed by atoms with Gasteiger partial charge in [-0.25, -0.2) is 12.8 Å². The highest BCUT2D eigenvalue weighted by atomic mass is 32.2. The quantitative estimate of drug-likeness (QED) is 0.371. The Labute approximate surface area is 196 Å². The van der Waals surface area contributed by atoms with Gasteiger partial charge in [-0.1, -0.05) is 54.6 Å². The summed E-state index contributed by atoms with van der Waals surface area (Å²) in [7, 11) is -2.65. The summed E-state index contributed by atoms with van der Waals surface area (Å²) in [5.74, 6) is -1.08. The largest absolute Gasteiger partial charge is 0.321 e. The van der Waals surface area contributed by atoms with E-state index in [2.05, 4.69) is 5.32 Å². The smallest absolute Gasteiger partial charge is 0.267 e. The summed E-state index contributed by atoms with van der Waals surface area (Å²) >= 11 is 1.03. The number of nitrogens with one attached hydrogen (secondary N) is 1. The number of sulfonamides is 1. The molecule has 0 unspecified atom stereocenters. The van der Waals surface area contributed by atoms with Crippen molar-refractivity contribution in [3.8, 4) is 11.1 Å². The van der Waals surface area contributed by atoms with Crippen LogP contribution in [-0.2, 0) is 10.0 Å². The zero-order chi connectivity index (χ0) is 23.6. The molecule has 1 N–H and O–H groups in total. The van der Waals surface area contributed by atoms with Crippen molar-refractivity contribution in [2.75, 3.05) is 16.7 Å². The molecule has 1 aromatic heterocycles. The molecule has 8 heteroatoms. The number of aryl methyl sites for hydroxylation is 1. The molecule has 0 saturated heterocycles. The normalized spacial score (nSPS) is 11.2. The lowest BCUT2D eigenvalue weighted by Crippen LogP contribution is -2.28. The Hall–Kier alpha value is -3.49. The maximum absolute atomic E-state index is 14.0. The maximum Gasteiger partial charge on any atom is 0.267 e. The van der Waals surface area contributed by atoms with E-state index >= 15 is 0 Å². The molecule has 168 valence electrons. The number of thiophene rings is 1. The Morgan fingerprint density at radius 1 is 0.970 bits per heavy atom. The lowest BCUT2D eigenvalue weighted by atomic mass is 10.1. The van der Waals surface area contributed by atoms with E-state index in [1.54, 1.807) is 79.0 Å². The number of hydrogen-bond donors (Lipinski definition) is 1. The summed E-state index contributed by atoms with van der Waals surface area (Å²) in [6, 6.07) is 22.0. The Morgan fingerprint density at radius 3 is 2.24 bits per heavy atom. The van der Waals surface area contributed by atoms with Crippen molar-refractivity contribution in [3.05, 3.63) is 101 Å². The van der Waals surface area contributed by atoms with Crippen molar-refractivity contribution in [1.29, 1.82) is 0 Å². The molecule has 1 heterocycles. The van der Waals surface area contributed by atoms with Crippen molar-refractivity contribution >= 4 is 38.6 Å². The van der Waals surface area contributed by atoms with Crippen LogP contribution in [-0.4, -0.2) is 21.4 Å². The van der Waals surface area contributed by atoms with Gasteiger partial charge in [-0.2, -0.15) is 0 Å². The van der Waals surface area contributed by atoms with Crippen LogP contribution in [0.15, 0.2) is 89.1 Å². The molecule has 0 bridgehead atoms. The average Bonchev–Trinajstić information content (AvgIpc) is 3.28. The van der Waals surface area contributed by atoms with Gasteiger partial charge in [0.15, 0.2) is 0 Å². The minimum Gasteiger partial charge on any atom is -0.321 e. The summed E-state index contributed by atoms with van der Waals surface area (Å²) in [5, 5.41) is 4.29. The van der Waals surface area contributed by atoms with Gasteiger partial charge in [0, 0.05) is 23.7 Å². The van der Waals surface area contributed by atoms with E-state index < -0.39 is 21.7 Å². The fourth-order valence-corrected chi connectivity index (χ4v) is 6.20. The highest BCUT2D eigenvalue weighted by Crippen LogP contribution is 2.38. The van der Waals surface area contributed by atoms with Crippen molar-refractivity contribution in [3.63, 3.8) is 0 Å². The number of nitrogens with zero attached hydrogens (tertiary/aromatic N) is 1. The standard InChI is InChI=1S/C25H21FN2O3S2/c1-17-13-14-19(15-22(17)26)27-25(29)23-24(21(16-32-23)18-9-5-3-6-10-18)33(30,31)28(2)20-11-7-4-8-12-20/h3-16H,1-2H3,(H,27,29). The van der Waals surface area contributed by atoms with E-state index in [9.17, 15) is 17.6 Å². The fourth-order valence-electron chi connectivity index (χ4n) is 3.35. The fraction of sp³-hybridized carbons (Fsp3) is 0.0800. The first-order valence-electron chi connectivity index (χ1n) is 10.1. The number of rotatable bonds is 6. The SMILES string of the molecule is Cc1ccc(NC(=O)c2scc(-c3ccccc3)c2S(=O)(=O)N(C)c2ccccc2)cc1F. The second kappa shape index (κ2) is 9.17. The summed E-state index contributed by atoms with van der Waals surface area (Å²) in [5.41, 5.74) is 2.27. The van der Waals surface area contributed by atoms with Crippen molar-refractivity contribution in [2.24, 2.45) is 0 Å². The van der Waals surface area contributed by atoms with Crippen LogP contribution in [0.5, 0.6) is 0 Å². The minimum absolute atomic E-state index is 0.0256. The van der Waals surface area contributed by atoms with Crippen LogP contribution in [0.25, 0.3) is 11.1 Å². The second-order valence-corrected chi connectivity index (χ2v) is 10.2. The first-order chi connectivity index (χ1) is 15.8. The molecule has 0 atom stereocenters. The van der Waals surface area contributed by atoms with Gasteiger partial charge in [-0.3, -0.25) is 9.10 Å². The highest BCUT2D eigenvalue weighted by molar-refractivity contribution is 7.93. The average molecular weight is 481 g/mol. The summed E-state index contributed by atoms with van der Waals surface area (Å²) in [6.07, 6.45) is 0. The topological polar surface area (TPSA) is 66.5 Å². The molecule has 1 amide bonds. The van der Waals surface area contributed by atoms with Gasteiger partial charge < -0.3 is 5.32 Å². The molecule has 4 aromatic rings. The number of carbonyl (C=O) groups excluding carboxylic acids is 1. The maximum atomic E-state index is 14.0. The number of para-hydroxylation sites is 1. The molecular formula is C25H21FN2O3S2. The molecule has 0 saturated carbocycles. The third-order valence-electron chi connectivity index (χ3n) is 5.20. The van der Waals surface area contributed by atoms with E-state index in [0.717, 1.165) is 15.6 Å². The molecule has 0 radical (unpaired) electrons. The second-order valence-electron chi connectivity index (χ2n) is 7.40. The molecular weight excluding hydrogens is 459 g/mol. The first-order valence-corrected chi connectivity index (χ1v) is 12.4. The van der Waals surface area contributed by atoms with Gasteiger partial charge in [0.25, 0.3) is 15.9 Å². The van der Waals surface area contributed by atoms with Gasteiger partial charge in [0.2, 0.25) is 0 Å². The zero-order valence-electron chi connectivity index (χ0n) is 17.9. The van der Waals surface area contributed by atoms with Gasteiger partial charge >= 0.3 is 0 Å². The Balaban J connectivity index is 1.82. The third kappa shape index (κ3) is 4.53. The van der Waals surface area contributed by atoms with E-state index in [1.807, 2.05) is 6.07 Å².